The number of aliphatic hydroxyl groups excluding tert-OH is 1. The number of nitrogens with zero attached hydrogens (tertiary/aromatic N) is 7. The number of allylic oxidation sites excluding steroid dienone is 2. The summed E-state index contributed by atoms with van der Waals surface area (Å²) in [6, 6.07) is -11.4. The third-order valence-corrected chi connectivity index (χ3v) is 14.8. The Kier molecular flexibility index (Phi) is 29.5. The molecule has 0 saturated carbocycles. The second-order valence-electron chi connectivity index (χ2n) is 23.8. The lowest BCUT2D eigenvalue weighted by Gasteiger charge is -2.41. The summed E-state index contributed by atoms with van der Waals surface area (Å²) in [6.07, 6.45) is 2.83. The number of aliphatic hydroxyl groups is 1. The highest BCUT2D eigenvalue weighted by atomic mass is 16.3. The van der Waals surface area contributed by atoms with Crippen molar-refractivity contribution in [3.63, 3.8) is 0 Å². The van der Waals surface area contributed by atoms with E-state index in [1.54, 1.807) is 46.8 Å². The van der Waals surface area contributed by atoms with E-state index in [0.717, 1.165) is 19.6 Å². The van der Waals surface area contributed by atoms with Gasteiger partial charge in [0.2, 0.25) is 65.0 Å². The number of hydrogen-bond donors (Lipinski definition) is 5. The molecule has 0 aromatic rings. The average Bonchev–Trinajstić information content (AvgIpc) is 3.39. The first-order chi connectivity index (χ1) is 37.4. The van der Waals surface area contributed by atoms with E-state index < -0.39 is 150 Å². The van der Waals surface area contributed by atoms with Gasteiger partial charge in [-0.1, -0.05) is 88.0 Å². The molecule has 1 fully saturated rings. The second kappa shape index (κ2) is 32.9. The van der Waals surface area contributed by atoms with E-state index in [1.807, 2.05) is 41.5 Å². The van der Waals surface area contributed by atoms with Gasteiger partial charge in [-0.05, 0) is 95.0 Å². The van der Waals surface area contributed by atoms with Crippen LogP contribution < -0.4 is 21.3 Å². The molecule has 0 unspecified atom stereocenters. The zero-order valence-corrected chi connectivity index (χ0v) is 52.5. The molecule has 1 heterocycles. The molecule has 1 aliphatic rings. The minimum Gasteiger partial charge on any atom is -0.390 e. The van der Waals surface area contributed by atoms with Crippen LogP contribution in [0.5, 0.6) is 0 Å². The second-order valence-corrected chi connectivity index (χ2v) is 23.8. The maximum Gasteiger partial charge on any atom is 0.249 e. The predicted molar refractivity (Wildman–Crippen MR) is 310 cm³/mol. The molecule has 23 heteroatoms. The van der Waals surface area contributed by atoms with Crippen molar-refractivity contribution in [2.45, 2.75) is 190 Å². The molecule has 0 aromatic heterocycles. The summed E-state index contributed by atoms with van der Waals surface area (Å²) in [5.74, 6) is -9.43. The summed E-state index contributed by atoms with van der Waals surface area (Å²) >= 11 is 0. The molecule has 0 bridgehead atoms. The molecule has 0 radical (unpaired) electrons. The van der Waals surface area contributed by atoms with Crippen molar-refractivity contribution in [3.05, 3.63) is 24.3 Å². The van der Waals surface area contributed by atoms with E-state index in [2.05, 4.69) is 27.8 Å². The van der Waals surface area contributed by atoms with Crippen LogP contribution in [0.2, 0.25) is 0 Å². The van der Waals surface area contributed by atoms with Crippen LogP contribution in [-0.4, -0.2) is 227 Å². The Labute approximate surface area is 482 Å². The summed E-state index contributed by atoms with van der Waals surface area (Å²) in [5.41, 5.74) is 0.206. The molecule has 5 N–H and O–H groups in total. The van der Waals surface area contributed by atoms with Crippen molar-refractivity contribution in [1.82, 2.24) is 55.6 Å². The normalized spacial score (nSPS) is 26.5. The molecule has 460 valence electrons. The summed E-state index contributed by atoms with van der Waals surface area (Å²) in [6.45, 7) is 26.8. The van der Waals surface area contributed by atoms with Crippen LogP contribution in [0.4, 0.5) is 0 Å². The molecular formula is C58H101N11O12. The van der Waals surface area contributed by atoms with Crippen LogP contribution >= 0.6 is 0 Å². The Bertz CT molecular complexity index is 2270. The molecular weight excluding hydrogens is 1040 g/mol. The highest BCUT2D eigenvalue weighted by Gasteiger charge is 2.45. The van der Waals surface area contributed by atoms with E-state index in [-0.39, 0.29) is 49.0 Å². The van der Waals surface area contributed by atoms with Gasteiger partial charge in [-0.15, -0.1) is 0 Å². The zero-order chi connectivity index (χ0) is 62.8. The van der Waals surface area contributed by atoms with Crippen LogP contribution in [0.15, 0.2) is 24.3 Å². The number of rotatable bonds is 13. The van der Waals surface area contributed by atoms with E-state index in [0.29, 0.717) is 6.42 Å². The zero-order valence-electron chi connectivity index (χ0n) is 52.5. The van der Waals surface area contributed by atoms with Crippen LogP contribution in [0, 0.1) is 29.6 Å². The first-order valence-electron chi connectivity index (χ1n) is 28.4. The molecule has 81 heavy (non-hydrogen) atoms. The summed E-state index contributed by atoms with van der Waals surface area (Å²) < 4.78 is 0. The third kappa shape index (κ3) is 20.5. The van der Waals surface area contributed by atoms with Gasteiger partial charge >= 0.3 is 0 Å². The van der Waals surface area contributed by atoms with Crippen LogP contribution in [-0.2, 0) is 52.7 Å². The standard InChI is InChI=1S/C58H101N11O12/c1-23-25-26-37(13)49(72)48-52(75)61-40(24-2)54(77)64(17)31-45(71)63(16)30-44(70)62-46(35(9)10)57(80)65(18)41(27-32(3)4)51(74)59-38(14)50(73)60-39(15)53(76)66(19)42(28-33(5)6)55(78)67(20)43(29-34(7)8)56(79)68(21)47(36(11)12)58(81)69(48)22/h23,25,32-34,36-43,46-49,72H,9,24,26-31H2,1-8,10-22H3,(H,59,74)(H,60,73)(H,61,75)(H,62,70)/b25-23+/t37-,38+,39-,40+,41+,42+,43-,46+,47+,48+,49-/m1/s1. The van der Waals surface area contributed by atoms with Crippen molar-refractivity contribution in [2.75, 3.05) is 62.4 Å². The number of hydrogen-bond acceptors (Lipinski definition) is 12. The van der Waals surface area contributed by atoms with E-state index in [9.17, 15) is 48.3 Å². The fourth-order valence-electron chi connectivity index (χ4n) is 9.76. The lowest BCUT2D eigenvalue weighted by Crippen LogP contribution is -2.63. The molecule has 11 amide bonds. The van der Waals surface area contributed by atoms with Gasteiger partial charge in [-0.3, -0.25) is 52.7 Å². The molecule has 1 saturated heterocycles. The van der Waals surface area contributed by atoms with Gasteiger partial charge in [0.05, 0.1) is 19.2 Å². The Morgan fingerprint density at radius 3 is 1.48 bits per heavy atom. The van der Waals surface area contributed by atoms with Crippen LogP contribution in [0.1, 0.15) is 129 Å². The predicted octanol–water partition coefficient (Wildman–Crippen LogP) is 1.77. The smallest absolute Gasteiger partial charge is 0.249 e. The average molecular weight is 1140 g/mol. The molecule has 0 spiro atoms. The Balaban J connectivity index is 4.19. The number of carbonyl (C=O) groups excluding carboxylic acids is 11. The fourth-order valence-corrected chi connectivity index (χ4v) is 9.76. The molecule has 11 atom stereocenters. The molecule has 0 aromatic carbocycles. The minimum absolute atomic E-state index is 0.0186. The van der Waals surface area contributed by atoms with Crippen molar-refractivity contribution < 1.29 is 57.8 Å². The molecule has 1 aliphatic heterocycles. The Morgan fingerprint density at radius 1 is 0.556 bits per heavy atom. The van der Waals surface area contributed by atoms with Gasteiger partial charge in [-0.25, -0.2) is 0 Å². The number of amides is 11. The first-order valence-corrected chi connectivity index (χ1v) is 28.4. The number of carbonyl (C=O) groups is 11. The maximum atomic E-state index is 15.0. The summed E-state index contributed by atoms with van der Waals surface area (Å²) in [5, 5.41) is 22.6. The fraction of sp³-hybridized carbons (Fsp3) is 0.741. The van der Waals surface area contributed by atoms with E-state index in [4.69, 9.17) is 0 Å². The van der Waals surface area contributed by atoms with Crippen LogP contribution in [0.3, 0.4) is 0 Å². The summed E-state index contributed by atoms with van der Waals surface area (Å²) in [4.78, 5) is 165. The van der Waals surface area contributed by atoms with Crippen molar-refractivity contribution >= 4 is 65.0 Å². The molecule has 0 aliphatic carbocycles. The van der Waals surface area contributed by atoms with Gasteiger partial charge in [-0.2, -0.15) is 0 Å². The number of nitrogens with one attached hydrogen (secondary N) is 4. The summed E-state index contributed by atoms with van der Waals surface area (Å²) in [7, 11) is 9.68. The SMILES string of the molecule is C=C(C)[C@@H]1NC(=O)CN(C)C(=O)CN(C)C(=O)[C@H](CC)NC(=O)[C@H]([C@H](O)[C@H](C)C/C=C/C)N(C)C(=O)[C@H](C(C)C)N(C)C(=O)[C@@H](CC(C)C)N(C)C(=O)[C@H](CC(C)C)N(C)C(=O)[C@@H](C)NC(=O)[C@H](C)NC(=O)[C@H](CC(C)C)N(C)C1=O. The van der Waals surface area contributed by atoms with Gasteiger partial charge < -0.3 is 60.7 Å². The van der Waals surface area contributed by atoms with Crippen molar-refractivity contribution in [1.29, 1.82) is 0 Å². The van der Waals surface area contributed by atoms with Crippen molar-refractivity contribution in [3.8, 4) is 0 Å². The van der Waals surface area contributed by atoms with E-state index >= 15 is 9.59 Å². The maximum absolute atomic E-state index is 15.0. The van der Waals surface area contributed by atoms with Gasteiger partial charge in [0, 0.05) is 49.3 Å². The van der Waals surface area contributed by atoms with Gasteiger partial charge in [0.25, 0.3) is 0 Å². The number of likely N-dealkylation sites (N-methyl/N-ethyl adjacent to an activating group) is 7. The van der Waals surface area contributed by atoms with E-state index in [1.165, 1.54) is 84.8 Å². The topological polar surface area (TPSA) is 279 Å². The largest absolute Gasteiger partial charge is 0.390 e. The molecule has 1 rings (SSSR count). The third-order valence-electron chi connectivity index (χ3n) is 14.8. The van der Waals surface area contributed by atoms with Gasteiger partial charge in [0.1, 0.15) is 54.4 Å². The van der Waals surface area contributed by atoms with Gasteiger partial charge in [0.15, 0.2) is 0 Å². The highest BCUT2D eigenvalue weighted by Crippen LogP contribution is 2.25. The molecule has 23 nitrogen and oxygen atoms in total. The Morgan fingerprint density at radius 2 is 1.01 bits per heavy atom. The monoisotopic (exact) mass is 1140 g/mol. The first kappa shape index (κ1) is 72.6. The van der Waals surface area contributed by atoms with Crippen LogP contribution in [0.25, 0.3) is 0 Å². The quantitative estimate of drug-likeness (QED) is 0.165. The lowest BCUT2D eigenvalue weighted by molar-refractivity contribution is -0.157. The van der Waals surface area contributed by atoms with Crippen molar-refractivity contribution in [2.24, 2.45) is 29.6 Å². The Hall–Kier alpha value is -6.39. The lowest BCUT2D eigenvalue weighted by atomic mass is 9.91. The highest BCUT2D eigenvalue weighted by molar-refractivity contribution is 5.99. The minimum atomic E-state index is -1.61.